The predicted molar refractivity (Wildman–Crippen MR) is 245 cm³/mol. The topological polar surface area (TPSA) is 169 Å². The molecular formula is C49H52ClN11O4. The van der Waals surface area contributed by atoms with Crippen LogP contribution in [0.2, 0.25) is 5.02 Å². The van der Waals surface area contributed by atoms with E-state index in [1.807, 2.05) is 28.0 Å². The summed E-state index contributed by atoms with van der Waals surface area (Å²) in [6.07, 6.45) is 14.0. The lowest BCUT2D eigenvalue weighted by Gasteiger charge is -2.32. The number of nitrogens with one attached hydrogen (secondary N) is 1. The number of piperidine rings is 1. The number of halogens is 1. The summed E-state index contributed by atoms with van der Waals surface area (Å²) in [5.41, 5.74) is 6.88. The molecule has 15 nitrogen and oxygen atoms in total. The van der Waals surface area contributed by atoms with Crippen LogP contribution >= 0.6 is 11.6 Å². The van der Waals surface area contributed by atoms with Crippen LogP contribution in [-0.4, -0.2) is 96.5 Å². The molecule has 3 fully saturated rings. The van der Waals surface area contributed by atoms with Gasteiger partial charge in [-0.05, 0) is 93.0 Å². The van der Waals surface area contributed by atoms with E-state index in [0.717, 1.165) is 129 Å². The highest BCUT2D eigenvalue weighted by atomic mass is 35.5. The Morgan fingerprint density at radius 2 is 1.85 bits per heavy atom. The van der Waals surface area contributed by atoms with Gasteiger partial charge in [-0.3, -0.25) is 23.9 Å². The van der Waals surface area contributed by atoms with Crippen molar-refractivity contribution in [2.24, 2.45) is 5.92 Å². The smallest absolute Gasteiger partial charge is 0.272 e. The van der Waals surface area contributed by atoms with E-state index in [1.165, 1.54) is 5.69 Å². The minimum atomic E-state index is -0.213. The molecule has 7 heterocycles. The van der Waals surface area contributed by atoms with Gasteiger partial charge in [0.1, 0.15) is 11.8 Å². The molecule has 3 aliphatic heterocycles. The summed E-state index contributed by atoms with van der Waals surface area (Å²) in [6, 6.07) is 19.6. The molecule has 0 spiro atoms. The van der Waals surface area contributed by atoms with Crippen LogP contribution in [0.5, 0.6) is 5.75 Å². The van der Waals surface area contributed by atoms with Crippen molar-refractivity contribution in [2.75, 3.05) is 37.7 Å². The molecule has 1 saturated carbocycles. The molecule has 2 aromatic carbocycles. The number of aromatic nitrogens is 7. The fraction of sp³-hybridized carbons (Fsp3) is 0.429. The number of carbonyl (C=O) groups is 2. The highest BCUT2D eigenvalue weighted by Gasteiger charge is 2.32. The zero-order valence-electron chi connectivity index (χ0n) is 36.5. The molecular weight excluding hydrogens is 842 g/mol. The number of pyridine rings is 1. The summed E-state index contributed by atoms with van der Waals surface area (Å²) < 4.78 is 16.0. The molecule has 1 atom stereocenters. The quantitative estimate of drug-likeness (QED) is 0.136. The lowest BCUT2D eigenvalue weighted by atomic mass is 9.92. The third kappa shape index (κ3) is 9.15. The highest BCUT2D eigenvalue weighted by Crippen LogP contribution is 2.38. The number of hydrogen-bond donors (Lipinski definition) is 1. The minimum absolute atomic E-state index is 0.0277. The average Bonchev–Trinajstić information content (AvgIpc) is 4.13. The molecule has 1 aliphatic carbocycles. The van der Waals surface area contributed by atoms with Gasteiger partial charge in [-0.1, -0.05) is 29.8 Å². The summed E-state index contributed by atoms with van der Waals surface area (Å²) in [5, 5.41) is 33.4. The summed E-state index contributed by atoms with van der Waals surface area (Å²) in [7, 11) is 0. The number of nitriles is 1. The van der Waals surface area contributed by atoms with E-state index in [-0.39, 0.29) is 30.0 Å². The number of rotatable bonds is 11. The van der Waals surface area contributed by atoms with Crippen molar-refractivity contribution in [3.05, 3.63) is 101 Å². The largest absolute Gasteiger partial charge is 0.490 e. The number of aryl methyl sites for hydroxylation is 1. The van der Waals surface area contributed by atoms with Crippen LogP contribution in [0.1, 0.15) is 91.6 Å². The lowest BCUT2D eigenvalue weighted by molar-refractivity contribution is -0.129. The zero-order chi connectivity index (χ0) is 44.4. The molecule has 6 aromatic rings. The summed E-state index contributed by atoms with van der Waals surface area (Å²) in [5.74, 6) is 1.88. The molecule has 1 N–H and O–H groups in total. The van der Waals surface area contributed by atoms with Crippen LogP contribution < -0.4 is 15.0 Å². The van der Waals surface area contributed by atoms with Crippen LogP contribution in [0.4, 0.5) is 5.82 Å². The predicted octanol–water partition coefficient (Wildman–Crippen LogP) is 7.57. The molecule has 16 heteroatoms. The van der Waals surface area contributed by atoms with Crippen molar-refractivity contribution in [3.8, 4) is 34.3 Å². The van der Waals surface area contributed by atoms with Crippen molar-refractivity contribution >= 4 is 40.0 Å². The second-order valence-corrected chi connectivity index (χ2v) is 18.2. The Kier molecular flexibility index (Phi) is 12.2. The lowest BCUT2D eigenvalue weighted by Crippen LogP contribution is -2.40. The number of anilines is 1. The fourth-order valence-corrected chi connectivity index (χ4v) is 10.1. The minimum Gasteiger partial charge on any atom is -0.490 e. The number of carbonyl (C=O) groups excluding carboxylic acids is 2. The van der Waals surface area contributed by atoms with Crippen LogP contribution in [-0.2, 0) is 29.0 Å². The number of hydrogen-bond acceptors (Lipinski definition) is 11. The Balaban J connectivity index is 0.706. The molecule has 2 saturated heterocycles. The maximum Gasteiger partial charge on any atom is 0.272 e. The first-order chi connectivity index (χ1) is 31.8. The van der Waals surface area contributed by atoms with Gasteiger partial charge in [0, 0.05) is 105 Å². The van der Waals surface area contributed by atoms with E-state index in [0.29, 0.717) is 47.6 Å². The number of benzene rings is 2. The van der Waals surface area contributed by atoms with Crippen LogP contribution in [0.15, 0.2) is 73.2 Å². The average molecular weight is 894 g/mol. The molecule has 1 unspecified atom stereocenters. The normalized spacial score (nSPS) is 20.1. The van der Waals surface area contributed by atoms with E-state index in [9.17, 15) is 9.59 Å². The molecule has 4 aliphatic rings. The van der Waals surface area contributed by atoms with E-state index in [1.54, 1.807) is 31.2 Å². The first-order valence-electron chi connectivity index (χ1n) is 22.9. The molecule has 2 amide bonds. The van der Waals surface area contributed by atoms with Crippen molar-refractivity contribution < 1.29 is 19.1 Å². The third-order valence-electron chi connectivity index (χ3n) is 13.7. The van der Waals surface area contributed by atoms with Crippen molar-refractivity contribution in [1.29, 1.82) is 5.26 Å². The van der Waals surface area contributed by atoms with E-state index in [4.69, 9.17) is 41.5 Å². The Morgan fingerprint density at radius 3 is 2.60 bits per heavy atom. The van der Waals surface area contributed by atoms with Gasteiger partial charge in [0.2, 0.25) is 5.91 Å². The second kappa shape index (κ2) is 18.6. The van der Waals surface area contributed by atoms with Gasteiger partial charge in [0.25, 0.3) is 5.91 Å². The molecule has 4 aromatic heterocycles. The van der Waals surface area contributed by atoms with Crippen LogP contribution in [0, 0.1) is 17.2 Å². The molecule has 0 radical (unpaired) electrons. The van der Waals surface area contributed by atoms with Gasteiger partial charge in [-0.2, -0.15) is 15.5 Å². The first-order valence-corrected chi connectivity index (χ1v) is 23.3. The molecule has 0 bridgehead atoms. The van der Waals surface area contributed by atoms with Gasteiger partial charge in [0.15, 0.2) is 11.5 Å². The fourth-order valence-electron chi connectivity index (χ4n) is 9.92. The van der Waals surface area contributed by atoms with Gasteiger partial charge in [-0.15, -0.1) is 10.2 Å². The van der Waals surface area contributed by atoms with E-state index in [2.05, 4.69) is 61.6 Å². The summed E-state index contributed by atoms with van der Waals surface area (Å²) in [4.78, 5) is 34.6. The molecule has 10 rings (SSSR count). The highest BCUT2D eigenvalue weighted by molar-refractivity contribution is 6.31. The standard InChI is InChI=1S/C49H52ClN11O4/c1-31(62)59-20-16-46-42(29-59)48(57-61(46)37-17-22-64-30-37)40-4-2-3-33-23-45(52-27-41(33)40)35-26-53-60(28-35)21-15-32-13-18-58(19-14-32)47-12-11-44(55-56-47)49(63)54-36-6-9-38(10-7-36)65-39-8-5-34(25-51)43(50)24-39/h2-5,8,11-12,23-24,26-28,32,36-38H,6-7,9-10,13-22,29-30H2,1H3,(H,54,63). The van der Waals surface area contributed by atoms with Crippen molar-refractivity contribution in [3.63, 3.8) is 0 Å². The monoisotopic (exact) mass is 893 g/mol. The van der Waals surface area contributed by atoms with E-state index < -0.39 is 0 Å². The number of fused-ring (bicyclic) bond motifs is 2. The van der Waals surface area contributed by atoms with Gasteiger partial charge in [-0.25, -0.2) is 0 Å². The third-order valence-corrected chi connectivity index (χ3v) is 14.0. The van der Waals surface area contributed by atoms with Gasteiger partial charge < -0.3 is 24.6 Å². The zero-order valence-corrected chi connectivity index (χ0v) is 37.3. The number of ether oxygens (including phenoxy) is 2. The van der Waals surface area contributed by atoms with Gasteiger partial charge in [0.05, 0.1) is 46.9 Å². The Morgan fingerprint density at radius 1 is 0.985 bits per heavy atom. The Hall–Kier alpha value is -6.37. The van der Waals surface area contributed by atoms with E-state index >= 15 is 0 Å². The van der Waals surface area contributed by atoms with Crippen LogP contribution in [0.3, 0.4) is 0 Å². The maximum atomic E-state index is 13.1. The molecule has 65 heavy (non-hydrogen) atoms. The first kappa shape index (κ1) is 42.6. The molecule has 334 valence electrons. The number of nitrogens with zero attached hydrogens (tertiary/aromatic N) is 10. The second-order valence-electron chi connectivity index (χ2n) is 17.8. The summed E-state index contributed by atoms with van der Waals surface area (Å²) >= 11 is 6.17. The Bertz CT molecular complexity index is 2740. The maximum absolute atomic E-state index is 13.1. The van der Waals surface area contributed by atoms with Gasteiger partial charge >= 0.3 is 0 Å². The van der Waals surface area contributed by atoms with Crippen molar-refractivity contribution in [2.45, 2.75) is 96.0 Å². The summed E-state index contributed by atoms with van der Waals surface area (Å²) in [6.45, 7) is 6.88. The Labute approximate surface area is 382 Å². The number of amides is 2. The van der Waals surface area contributed by atoms with Crippen LogP contribution in [0.25, 0.3) is 33.3 Å². The van der Waals surface area contributed by atoms with Crippen molar-refractivity contribution in [1.82, 2.24) is 45.0 Å². The SMILES string of the molecule is CC(=O)N1CCc2c(c(-c3cccc4cc(-c5cnn(CCC6CCN(c7ccc(C(=O)NC8CCC(Oc9ccc(C#N)c(Cl)c9)CC8)nn7)CC6)c5)ncc34)nn2C2CCOC2)C1.